The highest BCUT2D eigenvalue weighted by molar-refractivity contribution is 5.68. The molecular weight excluding hydrogens is 244 g/mol. The van der Waals surface area contributed by atoms with E-state index in [0.717, 1.165) is 39.1 Å². The number of carbonyl (C=O) groups is 1. The van der Waals surface area contributed by atoms with E-state index in [-0.39, 0.29) is 6.09 Å². The fourth-order valence-corrected chi connectivity index (χ4v) is 2.78. The first kappa shape index (κ1) is 14.6. The van der Waals surface area contributed by atoms with Crippen LogP contribution in [0.1, 0.15) is 27.2 Å². The van der Waals surface area contributed by atoms with Crippen molar-refractivity contribution in [2.24, 2.45) is 11.8 Å². The maximum atomic E-state index is 11.9. The highest BCUT2D eigenvalue weighted by atomic mass is 16.6. The molecule has 2 aliphatic rings. The summed E-state index contributed by atoms with van der Waals surface area (Å²) in [5, 5.41) is 8.99. The van der Waals surface area contributed by atoms with Crippen LogP contribution >= 0.6 is 0 Å². The van der Waals surface area contributed by atoms with Crippen molar-refractivity contribution < 1.29 is 14.6 Å². The summed E-state index contributed by atoms with van der Waals surface area (Å²) in [4.78, 5) is 16.1. The van der Waals surface area contributed by atoms with Crippen LogP contribution in [0.2, 0.25) is 0 Å². The lowest BCUT2D eigenvalue weighted by Gasteiger charge is -2.39. The SMILES string of the molecule is CC(C)(C)OC(=O)N1CCC(CN2CC(CO)C2)C1. The van der Waals surface area contributed by atoms with Crippen LogP contribution in [-0.4, -0.2) is 65.9 Å². The summed E-state index contributed by atoms with van der Waals surface area (Å²) in [5.41, 5.74) is -0.416. The van der Waals surface area contributed by atoms with Crippen molar-refractivity contribution in [3.05, 3.63) is 0 Å². The molecule has 0 saturated carbocycles. The Balaban J connectivity index is 1.70. The molecule has 0 aromatic rings. The Morgan fingerprint density at radius 3 is 2.53 bits per heavy atom. The predicted molar refractivity (Wildman–Crippen MR) is 72.9 cm³/mol. The summed E-state index contributed by atoms with van der Waals surface area (Å²) >= 11 is 0. The number of aliphatic hydroxyl groups excluding tert-OH is 1. The van der Waals surface area contributed by atoms with E-state index >= 15 is 0 Å². The minimum atomic E-state index is -0.416. The molecule has 0 spiro atoms. The first-order valence-electron chi connectivity index (χ1n) is 7.18. The van der Waals surface area contributed by atoms with E-state index in [9.17, 15) is 4.79 Å². The predicted octanol–water partition coefficient (Wildman–Crippen LogP) is 1.17. The molecule has 1 amide bonds. The zero-order valence-corrected chi connectivity index (χ0v) is 12.3. The molecule has 0 aliphatic carbocycles. The Hall–Kier alpha value is -0.810. The van der Waals surface area contributed by atoms with Crippen LogP contribution in [0, 0.1) is 11.8 Å². The number of aliphatic hydroxyl groups is 1. The van der Waals surface area contributed by atoms with Crippen molar-refractivity contribution in [1.29, 1.82) is 0 Å². The van der Waals surface area contributed by atoms with Gasteiger partial charge < -0.3 is 19.6 Å². The molecule has 2 aliphatic heterocycles. The van der Waals surface area contributed by atoms with Gasteiger partial charge in [0.1, 0.15) is 5.60 Å². The second-order valence-electron chi connectivity index (χ2n) is 6.85. The van der Waals surface area contributed by atoms with Gasteiger partial charge in [-0.15, -0.1) is 0 Å². The van der Waals surface area contributed by atoms with Gasteiger partial charge in [-0.1, -0.05) is 0 Å². The topological polar surface area (TPSA) is 53.0 Å². The van der Waals surface area contributed by atoms with Gasteiger partial charge in [0.25, 0.3) is 0 Å². The van der Waals surface area contributed by atoms with Gasteiger partial charge in [0.2, 0.25) is 0 Å². The zero-order chi connectivity index (χ0) is 14.0. The van der Waals surface area contributed by atoms with Gasteiger partial charge in [0, 0.05) is 45.2 Å². The van der Waals surface area contributed by atoms with Gasteiger partial charge in [-0.25, -0.2) is 4.79 Å². The van der Waals surface area contributed by atoms with E-state index in [1.807, 2.05) is 25.7 Å². The van der Waals surface area contributed by atoms with Gasteiger partial charge in [-0.2, -0.15) is 0 Å². The fraction of sp³-hybridized carbons (Fsp3) is 0.929. The molecule has 2 rings (SSSR count). The number of likely N-dealkylation sites (tertiary alicyclic amines) is 2. The van der Waals surface area contributed by atoms with Crippen LogP contribution in [0.25, 0.3) is 0 Å². The molecule has 19 heavy (non-hydrogen) atoms. The fourth-order valence-electron chi connectivity index (χ4n) is 2.78. The van der Waals surface area contributed by atoms with Crippen molar-refractivity contribution in [3.8, 4) is 0 Å². The lowest BCUT2D eigenvalue weighted by molar-refractivity contribution is 0.0257. The standard InChI is InChI=1S/C14H26N2O3/c1-14(2,3)19-13(18)16-5-4-11(9-16)6-15-7-12(8-15)10-17/h11-12,17H,4-10H2,1-3H3. The third-order valence-corrected chi connectivity index (χ3v) is 3.74. The molecule has 2 saturated heterocycles. The highest BCUT2D eigenvalue weighted by Crippen LogP contribution is 2.23. The van der Waals surface area contributed by atoms with E-state index in [1.165, 1.54) is 0 Å². The van der Waals surface area contributed by atoms with E-state index < -0.39 is 5.60 Å². The van der Waals surface area contributed by atoms with Crippen molar-refractivity contribution >= 4 is 6.09 Å². The Bertz CT molecular complexity index is 321. The lowest BCUT2D eigenvalue weighted by atomic mass is 9.98. The molecule has 0 radical (unpaired) electrons. The molecule has 0 aromatic carbocycles. The number of carbonyl (C=O) groups excluding carboxylic acids is 1. The summed E-state index contributed by atoms with van der Waals surface area (Å²) in [5.74, 6) is 1.01. The minimum Gasteiger partial charge on any atom is -0.444 e. The molecule has 5 heteroatoms. The number of hydrogen-bond acceptors (Lipinski definition) is 4. The van der Waals surface area contributed by atoms with E-state index in [4.69, 9.17) is 9.84 Å². The first-order valence-corrected chi connectivity index (χ1v) is 7.18. The van der Waals surface area contributed by atoms with Gasteiger partial charge in [0.05, 0.1) is 0 Å². The monoisotopic (exact) mass is 270 g/mol. The third-order valence-electron chi connectivity index (χ3n) is 3.74. The Labute approximate surface area is 115 Å². The quantitative estimate of drug-likeness (QED) is 0.836. The second-order valence-corrected chi connectivity index (χ2v) is 6.85. The minimum absolute atomic E-state index is 0.188. The van der Waals surface area contributed by atoms with Gasteiger partial charge in [0.15, 0.2) is 0 Å². The Kier molecular flexibility index (Phi) is 4.36. The summed E-state index contributed by atoms with van der Waals surface area (Å²) in [6, 6.07) is 0. The second kappa shape index (κ2) is 5.67. The van der Waals surface area contributed by atoms with Crippen LogP contribution in [0.15, 0.2) is 0 Å². The lowest BCUT2D eigenvalue weighted by Crippen LogP contribution is -2.50. The van der Waals surface area contributed by atoms with Gasteiger partial charge in [-0.05, 0) is 33.1 Å². The maximum absolute atomic E-state index is 11.9. The maximum Gasteiger partial charge on any atom is 0.410 e. The number of hydrogen-bond donors (Lipinski definition) is 1. The smallest absolute Gasteiger partial charge is 0.410 e. The molecule has 2 heterocycles. The Morgan fingerprint density at radius 1 is 1.26 bits per heavy atom. The molecule has 1 atom stereocenters. The summed E-state index contributed by atoms with van der Waals surface area (Å²) < 4.78 is 5.39. The Morgan fingerprint density at radius 2 is 1.95 bits per heavy atom. The summed E-state index contributed by atoms with van der Waals surface area (Å²) in [6.07, 6.45) is 0.867. The number of nitrogens with zero attached hydrogens (tertiary/aromatic N) is 2. The average Bonchev–Trinajstić information content (AvgIpc) is 2.68. The van der Waals surface area contributed by atoms with Crippen LogP contribution in [-0.2, 0) is 4.74 Å². The van der Waals surface area contributed by atoms with Gasteiger partial charge in [-0.3, -0.25) is 0 Å². The van der Waals surface area contributed by atoms with Gasteiger partial charge >= 0.3 is 6.09 Å². The normalized spacial score (nSPS) is 25.5. The average molecular weight is 270 g/mol. The number of rotatable bonds is 3. The van der Waals surface area contributed by atoms with Crippen molar-refractivity contribution in [2.45, 2.75) is 32.8 Å². The van der Waals surface area contributed by atoms with Crippen LogP contribution in [0.3, 0.4) is 0 Å². The third kappa shape index (κ3) is 4.08. The molecule has 5 nitrogen and oxygen atoms in total. The van der Waals surface area contributed by atoms with Crippen LogP contribution < -0.4 is 0 Å². The van der Waals surface area contributed by atoms with E-state index in [0.29, 0.717) is 18.4 Å². The molecule has 0 aromatic heterocycles. The zero-order valence-electron chi connectivity index (χ0n) is 12.3. The van der Waals surface area contributed by atoms with E-state index in [2.05, 4.69) is 4.90 Å². The summed E-state index contributed by atoms with van der Waals surface area (Å²) in [6.45, 7) is 10.6. The first-order chi connectivity index (χ1) is 8.87. The van der Waals surface area contributed by atoms with E-state index in [1.54, 1.807) is 0 Å². The van der Waals surface area contributed by atoms with Crippen LogP contribution in [0.5, 0.6) is 0 Å². The van der Waals surface area contributed by atoms with Crippen LogP contribution in [0.4, 0.5) is 4.79 Å². The number of ether oxygens (including phenoxy) is 1. The molecule has 0 bridgehead atoms. The van der Waals surface area contributed by atoms with Crippen molar-refractivity contribution in [2.75, 3.05) is 39.3 Å². The molecule has 1 N–H and O–H groups in total. The number of amides is 1. The largest absolute Gasteiger partial charge is 0.444 e. The molecule has 1 unspecified atom stereocenters. The van der Waals surface area contributed by atoms with Crippen molar-refractivity contribution in [3.63, 3.8) is 0 Å². The molecular formula is C14H26N2O3. The van der Waals surface area contributed by atoms with Crippen molar-refractivity contribution in [1.82, 2.24) is 9.80 Å². The molecule has 2 fully saturated rings. The summed E-state index contributed by atoms with van der Waals surface area (Å²) in [7, 11) is 0. The molecule has 110 valence electrons. The highest BCUT2D eigenvalue weighted by Gasteiger charge is 2.33.